The van der Waals surface area contributed by atoms with E-state index < -0.39 is 11.2 Å². The minimum Gasteiger partial charge on any atom is -0.396 e. The molecule has 1 spiro atoms. The number of carbonyl (C=O) groups is 1. The number of ketones is 1. The highest BCUT2D eigenvalue weighted by Gasteiger charge is 2.64. The van der Waals surface area contributed by atoms with Crippen LogP contribution in [-0.4, -0.2) is 49.7 Å². The molecule has 0 bridgehead atoms. The normalized spacial score (nSPS) is 29.0. The lowest BCUT2D eigenvalue weighted by Crippen LogP contribution is -2.64. The Morgan fingerprint density at radius 2 is 1.61 bits per heavy atom. The Balaban J connectivity index is 1.46. The maximum absolute atomic E-state index is 14.6. The van der Waals surface area contributed by atoms with Crippen LogP contribution in [0.4, 0.5) is 0 Å². The lowest BCUT2D eigenvalue weighted by Gasteiger charge is -2.54. The Kier molecular flexibility index (Phi) is 8.76. The molecule has 0 unspecified atom stereocenters. The summed E-state index contributed by atoms with van der Waals surface area (Å²) in [6.45, 7) is 4.88. The predicted octanol–water partition coefficient (Wildman–Crippen LogP) is 5.09. The number of rotatable bonds is 11. The van der Waals surface area contributed by atoms with Crippen molar-refractivity contribution in [3.05, 3.63) is 83.4 Å². The number of hydrogen-bond donors (Lipinski definition) is 1. The van der Waals surface area contributed by atoms with Crippen LogP contribution >= 0.6 is 0 Å². The molecule has 2 heterocycles. The summed E-state index contributed by atoms with van der Waals surface area (Å²) in [5.41, 5.74) is 2.65. The molecule has 0 radical (unpaired) electrons. The summed E-state index contributed by atoms with van der Waals surface area (Å²) in [4.78, 5) is 14.6. The molecule has 0 aromatic heterocycles. The first kappa shape index (κ1) is 27.2. The summed E-state index contributed by atoms with van der Waals surface area (Å²) in [5.74, 6) is -1.32. The first-order valence-corrected chi connectivity index (χ1v) is 13.9. The predicted molar refractivity (Wildman–Crippen MR) is 144 cm³/mol. The van der Waals surface area contributed by atoms with Crippen molar-refractivity contribution in [1.29, 1.82) is 0 Å². The van der Waals surface area contributed by atoms with E-state index in [0.717, 1.165) is 17.5 Å². The molecule has 0 amide bonds. The second-order valence-corrected chi connectivity index (χ2v) is 11.0. The lowest BCUT2D eigenvalue weighted by molar-refractivity contribution is -0.254. The van der Waals surface area contributed by atoms with E-state index in [2.05, 4.69) is 13.0 Å². The molecule has 2 fully saturated rings. The Morgan fingerprint density at radius 3 is 2.16 bits per heavy atom. The van der Waals surface area contributed by atoms with Crippen LogP contribution in [0.15, 0.2) is 72.3 Å². The van der Waals surface area contributed by atoms with Gasteiger partial charge in [0.15, 0.2) is 5.78 Å². The van der Waals surface area contributed by atoms with Crippen molar-refractivity contribution in [2.24, 2.45) is 23.2 Å². The summed E-state index contributed by atoms with van der Waals surface area (Å²) < 4.78 is 24.9. The van der Waals surface area contributed by atoms with Crippen LogP contribution in [0, 0.1) is 23.2 Å². The van der Waals surface area contributed by atoms with Gasteiger partial charge in [0.25, 0.3) is 0 Å². The van der Waals surface area contributed by atoms with Crippen LogP contribution < -0.4 is 0 Å². The topological polar surface area (TPSA) is 74.2 Å². The number of Topliss-reactive ketones (excluding diaryl/α,β-unsaturated/α-hetero) is 1. The monoisotopic (exact) mass is 520 g/mol. The molecule has 1 aliphatic carbocycles. The van der Waals surface area contributed by atoms with Crippen molar-refractivity contribution in [1.82, 2.24) is 0 Å². The first-order chi connectivity index (χ1) is 18.6. The van der Waals surface area contributed by atoms with Gasteiger partial charge in [-0.1, -0.05) is 72.3 Å². The SMILES string of the molecule is CC1=C[C@@H]2CO[C@]3(CCCO3)C(=O)[C@]2(C(COCc2ccccc2)COCc2ccccc2)C[C@@H]1CCO. The number of carbonyl (C=O) groups excluding carboxylic acids is 1. The van der Waals surface area contributed by atoms with Gasteiger partial charge in [0, 0.05) is 24.9 Å². The van der Waals surface area contributed by atoms with Gasteiger partial charge in [-0.25, -0.2) is 0 Å². The molecule has 6 heteroatoms. The molecular formula is C32H40O6. The first-order valence-electron chi connectivity index (χ1n) is 13.9. The van der Waals surface area contributed by atoms with Crippen molar-refractivity contribution in [3.8, 4) is 0 Å². The number of benzene rings is 2. The van der Waals surface area contributed by atoms with E-state index in [4.69, 9.17) is 18.9 Å². The lowest BCUT2D eigenvalue weighted by atomic mass is 9.54. The summed E-state index contributed by atoms with van der Waals surface area (Å²) in [6, 6.07) is 20.2. The van der Waals surface area contributed by atoms with Gasteiger partial charge in [0.05, 0.1) is 45.1 Å². The fourth-order valence-corrected chi connectivity index (χ4v) is 6.60. The molecule has 2 saturated heterocycles. The van der Waals surface area contributed by atoms with Crippen molar-refractivity contribution in [3.63, 3.8) is 0 Å². The number of hydrogen-bond acceptors (Lipinski definition) is 6. The summed E-state index contributed by atoms with van der Waals surface area (Å²) in [6.07, 6.45) is 4.87. The van der Waals surface area contributed by atoms with Gasteiger partial charge in [-0.15, -0.1) is 0 Å². The van der Waals surface area contributed by atoms with Gasteiger partial charge in [0.2, 0.25) is 5.79 Å². The second-order valence-electron chi connectivity index (χ2n) is 11.0. The van der Waals surface area contributed by atoms with Crippen molar-refractivity contribution in [2.75, 3.05) is 33.0 Å². The van der Waals surface area contributed by atoms with Gasteiger partial charge >= 0.3 is 0 Å². The fraction of sp³-hybridized carbons (Fsp3) is 0.531. The zero-order chi connectivity index (χ0) is 26.4. The molecule has 1 N–H and O–H groups in total. The van der Waals surface area contributed by atoms with Crippen molar-refractivity contribution < 1.29 is 28.8 Å². The third-order valence-electron chi connectivity index (χ3n) is 8.67. The quantitative estimate of drug-likeness (QED) is 0.416. The highest BCUT2D eigenvalue weighted by atomic mass is 16.7. The van der Waals surface area contributed by atoms with Crippen LogP contribution in [0.25, 0.3) is 0 Å². The highest BCUT2D eigenvalue weighted by molar-refractivity contribution is 5.93. The standard InChI is InChI=1S/C32H40O6/c1-24-17-28-23-38-32(14-8-16-37-32)30(34)31(28,18-27(24)13-15-33)29(21-35-19-25-9-4-2-5-10-25)22-36-20-26-11-6-3-7-12-26/h2-7,9-12,17,27-29,33H,8,13-16,18-23H2,1H3/t27-,28+,31+,32+/m0/s1. The molecule has 5 rings (SSSR count). The van der Waals surface area contributed by atoms with E-state index in [1.807, 2.05) is 60.7 Å². The molecule has 2 aromatic rings. The second kappa shape index (κ2) is 12.2. The number of fused-ring (bicyclic) bond motifs is 1. The van der Waals surface area contributed by atoms with Crippen LogP contribution in [0.3, 0.4) is 0 Å². The minimum absolute atomic E-state index is 0.0297. The largest absolute Gasteiger partial charge is 0.396 e. The molecule has 3 aliphatic rings. The van der Waals surface area contributed by atoms with Gasteiger partial charge in [-0.05, 0) is 43.2 Å². The average Bonchev–Trinajstić information content (AvgIpc) is 3.42. The molecular weight excluding hydrogens is 480 g/mol. The molecule has 2 aromatic carbocycles. The van der Waals surface area contributed by atoms with E-state index in [9.17, 15) is 9.90 Å². The Labute approximate surface area is 225 Å². The molecule has 38 heavy (non-hydrogen) atoms. The highest BCUT2D eigenvalue weighted by Crippen LogP contribution is 2.56. The summed E-state index contributed by atoms with van der Waals surface area (Å²) >= 11 is 0. The molecule has 2 aliphatic heterocycles. The van der Waals surface area contributed by atoms with Crippen molar-refractivity contribution >= 4 is 5.78 Å². The van der Waals surface area contributed by atoms with E-state index in [0.29, 0.717) is 58.9 Å². The zero-order valence-electron chi connectivity index (χ0n) is 22.3. The number of aliphatic hydroxyl groups excluding tert-OH is 1. The van der Waals surface area contributed by atoms with Crippen LogP contribution in [0.2, 0.25) is 0 Å². The number of ether oxygens (including phenoxy) is 4. The van der Waals surface area contributed by atoms with E-state index >= 15 is 0 Å². The van der Waals surface area contributed by atoms with E-state index in [-0.39, 0.29) is 30.1 Å². The van der Waals surface area contributed by atoms with Gasteiger partial charge < -0.3 is 24.1 Å². The third-order valence-corrected chi connectivity index (χ3v) is 8.67. The van der Waals surface area contributed by atoms with Crippen LogP contribution in [0.5, 0.6) is 0 Å². The molecule has 6 nitrogen and oxygen atoms in total. The van der Waals surface area contributed by atoms with Crippen molar-refractivity contribution in [2.45, 2.75) is 51.6 Å². The smallest absolute Gasteiger partial charge is 0.229 e. The minimum atomic E-state index is -1.18. The number of allylic oxidation sites excluding steroid dienone is 1. The Hall–Kier alpha value is -2.35. The molecule has 0 saturated carbocycles. The zero-order valence-corrected chi connectivity index (χ0v) is 22.3. The maximum atomic E-state index is 14.6. The summed E-state index contributed by atoms with van der Waals surface area (Å²) in [5, 5.41) is 9.85. The van der Waals surface area contributed by atoms with Gasteiger partial charge in [-0.3, -0.25) is 4.79 Å². The van der Waals surface area contributed by atoms with Crippen LogP contribution in [0.1, 0.15) is 43.7 Å². The van der Waals surface area contributed by atoms with E-state index in [1.165, 1.54) is 5.57 Å². The van der Waals surface area contributed by atoms with E-state index in [1.54, 1.807) is 0 Å². The van der Waals surface area contributed by atoms with Gasteiger partial charge in [-0.2, -0.15) is 0 Å². The Morgan fingerprint density at radius 1 is 0.974 bits per heavy atom. The fourth-order valence-electron chi connectivity index (χ4n) is 6.60. The third kappa shape index (κ3) is 5.51. The maximum Gasteiger partial charge on any atom is 0.229 e. The number of aliphatic hydroxyl groups is 1. The van der Waals surface area contributed by atoms with Gasteiger partial charge in [0.1, 0.15) is 0 Å². The average molecular weight is 521 g/mol. The Bertz CT molecular complexity index is 1030. The molecule has 204 valence electrons. The molecule has 4 atom stereocenters. The summed E-state index contributed by atoms with van der Waals surface area (Å²) in [7, 11) is 0. The van der Waals surface area contributed by atoms with Crippen LogP contribution in [-0.2, 0) is 37.0 Å².